The van der Waals surface area contributed by atoms with Crippen molar-refractivity contribution in [1.82, 2.24) is 25.3 Å². The highest BCUT2D eigenvalue weighted by molar-refractivity contribution is 7.98. The number of hydrogen-bond acceptors (Lipinski definition) is 6. The van der Waals surface area contributed by atoms with E-state index in [1.165, 1.54) is 18.0 Å². The minimum atomic E-state index is -4.56. The van der Waals surface area contributed by atoms with Crippen LogP contribution in [0.25, 0.3) is 22.4 Å². The first-order valence-electron chi connectivity index (χ1n) is 8.93. The van der Waals surface area contributed by atoms with Gasteiger partial charge in [-0.25, -0.2) is 19.3 Å². The summed E-state index contributed by atoms with van der Waals surface area (Å²) in [6.45, 7) is -1.48. The number of carbonyl (C=O) groups excluding carboxylic acids is 1. The van der Waals surface area contributed by atoms with Gasteiger partial charge in [-0.15, -0.1) is 0 Å². The fraction of sp³-hybridized carbons (Fsp3) is 0.333. The molecular formula is C18H17ClF4N6OS. The fourth-order valence-electron chi connectivity index (χ4n) is 2.74. The van der Waals surface area contributed by atoms with Crippen molar-refractivity contribution in [3.05, 3.63) is 35.5 Å². The second kappa shape index (κ2) is 9.69. The van der Waals surface area contributed by atoms with E-state index in [1.807, 2.05) is 5.32 Å². The van der Waals surface area contributed by atoms with Crippen LogP contribution in [-0.2, 0) is 4.79 Å². The van der Waals surface area contributed by atoms with Crippen molar-refractivity contribution in [2.24, 2.45) is 0 Å². The number of hydrogen-bond donors (Lipinski definition) is 3. The predicted molar refractivity (Wildman–Crippen MR) is 112 cm³/mol. The van der Waals surface area contributed by atoms with Crippen molar-refractivity contribution in [2.45, 2.75) is 18.6 Å². The Morgan fingerprint density at radius 2 is 2.10 bits per heavy atom. The monoisotopic (exact) mass is 476 g/mol. The molecule has 3 rings (SSSR count). The van der Waals surface area contributed by atoms with Gasteiger partial charge >= 0.3 is 6.18 Å². The molecule has 0 aliphatic heterocycles. The molecule has 31 heavy (non-hydrogen) atoms. The number of H-pyrrole nitrogens is 1. The lowest BCUT2D eigenvalue weighted by atomic mass is 10.2. The number of anilines is 1. The standard InChI is InChI=1S/C18H17ClF4N6OS/c1-31-3-2-13(17(30)27-8-18(21,22)23)28-16-12(20)7-26-15(29-16)11-6-25-14-10(11)4-9(19)5-24-14/h4-7,13H,2-3,8H2,1H3,(H,24,25)(H,27,30)(H,26,28,29)/t13-/m1/s1. The molecule has 0 aromatic carbocycles. The van der Waals surface area contributed by atoms with Gasteiger partial charge in [0.25, 0.3) is 0 Å². The highest BCUT2D eigenvalue weighted by atomic mass is 35.5. The van der Waals surface area contributed by atoms with Gasteiger partial charge in [0.1, 0.15) is 18.2 Å². The van der Waals surface area contributed by atoms with Gasteiger partial charge in [0.15, 0.2) is 17.5 Å². The van der Waals surface area contributed by atoms with Gasteiger partial charge in [-0.05, 0) is 24.5 Å². The van der Waals surface area contributed by atoms with Crippen LogP contribution in [0.2, 0.25) is 5.02 Å². The summed E-state index contributed by atoms with van der Waals surface area (Å²) in [5.41, 5.74) is 1.02. The van der Waals surface area contributed by atoms with E-state index in [1.54, 1.807) is 18.5 Å². The smallest absolute Gasteiger partial charge is 0.356 e. The maximum absolute atomic E-state index is 14.4. The Morgan fingerprint density at radius 3 is 2.81 bits per heavy atom. The molecule has 0 fully saturated rings. The van der Waals surface area contributed by atoms with E-state index >= 15 is 0 Å². The minimum Gasteiger partial charge on any atom is -0.356 e. The Bertz CT molecular complexity index is 1080. The topological polar surface area (TPSA) is 95.6 Å². The SMILES string of the molecule is CSCC[C@@H](Nc1nc(-c2c[nH]c3ncc(Cl)cc23)ncc1F)C(=O)NCC(F)(F)F. The summed E-state index contributed by atoms with van der Waals surface area (Å²) in [5, 5.41) is 5.41. The van der Waals surface area contributed by atoms with E-state index in [0.29, 0.717) is 27.4 Å². The number of thioether (sulfide) groups is 1. The summed E-state index contributed by atoms with van der Waals surface area (Å²) < 4.78 is 51.7. The molecule has 0 bridgehead atoms. The maximum atomic E-state index is 14.4. The van der Waals surface area contributed by atoms with E-state index in [-0.39, 0.29) is 18.1 Å². The minimum absolute atomic E-state index is 0.124. The molecule has 3 N–H and O–H groups in total. The first-order chi connectivity index (χ1) is 14.7. The van der Waals surface area contributed by atoms with Gasteiger partial charge in [-0.1, -0.05) is 11.6 Å². The second-order valence-electron chi connectivity index (χ2n) is 6.45. The Balaban J connectivity index is 1.88. The third-order valence-corrected chi connectivity index (χ3v) is 5.03. The summed E-state index contributed by atoms with van der Waals surface area (Å²) in [6.07, 6.45) is 1.34. The summed E-state index contributed by atoms with van der Waals surface area (Å²) in [6, 6.07) is 0.521. The molecule has 1 amide bonds. The van der Waals surface area contributed by atoms with Crippen LogP contribution in [0.5, 0.6) is 0 Å². The third kappa shape index (κ3) is 5.97. The summed E-state index contributed by atoms with van der Waals surface area (Å²) >= 11 is 7.39. The highest BCUT2D eigenvalue weighted by Crippen LogP contribution is 2.28. The van der Waals surface area contributed by atoms with E-state index in [9.17, 15) is 22.4 Å². The lowest BCUT2D eigenvalue weighted by Gasteiger charge is -2.19. The normalized spacial score (nSPS) is 12.7. The molecule has 0 unspecified atom stereocenters. The number of aromatic nitrogens is 4. The number of nitrogens with one attached hydrogen (secondary N) is 3. The molecular weight excluding hydrogens is 460 g/mol. The summed E-state index contributed by atoms with van der Waals surface area (Å²) in [5.74, 6) is -1.48. The Morgan fingerprint density at radius 1 is 1.32 bits per heavy atom. The van der Waals surface area contributed by atoms with Crippen LogP contribution in [0.3, 0.4) is 0 Å². The van der Waals surface area contributed by atoms with Crippen molar-refractivity contribution in [3.63, 3.8) is 0 Å². The van der Waals surface area contributed by atoms with Crippen LogP contribution in [0.15, 0.2) is 24.7 Å². The molecule has 0 saturated heterocycles. The van der Waals surface area contributed by atoms with Crippen LogP contribution in [0.4, 0.5) is 23.4 Å². The predicted octanol–water partition coefficient (Wildman–Crippen LogP) is 4.02. The lowest BCUT2D eigenvalue weighted by Crippen LogP contribution is -2.44. The Hall–Kier alpha value is -2.60. The molecule has 0 saturated carbocycles. The number of aromatic amines is 1. The van der Waals surface area contributed by atoms with Crippen LogP contribution >= 0.6 is 23.4 Å². The number of pyridine rings is 1. The summed E-state index contributed by atoms with van der Waals surface area (Å²) in [4.78, 5) is 27.4. The zero-order chi connectivity index (χ0) is 22.6. The van der Waals surface area contributed by atoms with Gasteiger partial charge < -0.3 is 15.6 Å². The molecule has 13 heteroatoms. The van der Waals surface area contributed by atoms with E-state index in [2.05, 4.69) is 25.3 Å². The number of fused-ring (bicyclic) bond motifs is 1. The molecule has 3 heterocycles. The first kappa shape index (κ1) is 23.1. The molecule has 3 aromatic rings. The largest absolute Gasteiger partial charge is 0.405 e. The zero-order valence-electron chi connectivity index (χ0n) is 16.1. The summed E-state index contributed by atoms with van der Waals surface area (Å²) in [7, 11) is 0. The van der Waals surface area contributed by atoms with Crippen molar-refractivity contribution < 1.29 is 22.4 Å². The number of rotatable bonds is 8. The molecule has 7 nitrogen and oxygen atoms in total. The molecule has 0 aliphatic rings. The van der Waals surface area contributed by atoms with Crippen molar-refractivity contribution in [1.29, 1.82) is 0 Å². The molecule has 166 valence electrons. The Labute approximate surface area is 183 Å². The second-order valence-corrected chi connectivity index (χ2v) is 7.88. The van der Waals surface area contributed by atoms with E-state index < -0.39 is 30.5 Å². The third-order valence-electron chi connectivity index (χ3n) is 4.18. The van der Waals surface area contributed by atoms with Crippen LogP contribution in [-0.4, -0.2) is 56.6 Å². The van der Waals surface area contributed by atoms with Crippen LogP contribution in [0.1, 0.15) is 6.42 Å². The van der Waals surface area contributed by atoms with Crippen molar-refractivity contribution >= 4 is 46.1 Å². The fourth-order valence-corrected chi connectivity index (χ4v) is 3.37. The molecule has 0 radical (unpaired) electrons. The van der Waals surface area contributed by atoms with Crippen LogP contribution < -0.4 is 10.6 Å². The lowest BCUT2D eigenvalue weighted by molar-refractivity contribution is -0.138. The molecule has 3 aromatic heterocycles. The quantitative estimate of drug-likeness (QED) is 0.425. The molecule has 0 aliphatic carbocycles. The average molecular weight is 477 g/mol. The number of nitrogens with zero attached hydrogens (tertiary/aromatic N) is 3. The number of carbonyl (C=O) groups is 1. The number of alkyl halides is 3. The van der Waals surface area contributed by atoms with Gasteiger partial charge in [0.05, 0.1) is 11.2 Å². The molecule has 0 spiro atoms. The van der Waals surface area contributed by atoms with Crippen LogP contribution in [0, 0.1) is 5.82 Å². The van der Waals surface area contributed by atoms with Gasteiger partial charge in [0, 0.05) is 23.3 Å². The van der Waals surface area contributed by atoms with Crippen molar-refractivity contribution in [3.8, 4) is 11.4 Å². The average Bonchev–Trinajstić information content (AvgIpc) is 3.13. The van der Waals surface area contributed by atoms with E-state index in [0.717, 1.165) is 6.20 Å². The van der Waals surface area contributed by atoms with Gasteiger partial charge in [-0.2, -0.15) is 24.9 Å². The first-order valence-corrected chi connectivity index (χ1v) is 10.7. The Kier molecular flexibility index (Phi) is 7.21. The maximum Gasteiger partial charge on any atom is 0.405 e. The van der Waals surface area contributed by atoms with Crippen molar-refractivity contribution in [2.75, 3.05) is 23.9 Å². The zero-order valence-corrected chi connectivity index (χ0v) is 17.6. The van der Waals surface area contributed by atoms with Gasteiger partial charge in [0.2, 0.25) is 5.91 Å². The number of amides is 1. The highest BCUT2D eigenvalue weighted by Gasteiger charge is 2.30. The molecule has 1 atom stereocenters. The number of halogens is 5. The van der Waals surface area contributed by atoms with Gasteiger partial charge in [-0.3, -0.25) is 4.79 Å². The van der Waals surface area contributed by atoms with E-state index in [4.69, 9.17) is 11.6 Å².